The van der Waals surface area contributed by atoms with Crippen molar-refractivity contribution in [3.63, 3.8) is 0 Å². The fourth-order valence-electron chi connectivity index (χ4n) is 2.99. The summed E-state index contributed by atoms with van der Waals surface area (Å²) in [5.41, 5.74) is 9.33. The molecule has 0 saturated heterocycles. The van der Waals surface area contributed by atoms with Gasteiger partial charge in [-0.1, -0.05) is 47.9 Å². The first-order valence-electron chi connectivity index (χ1n) is 8.94. The minimum absolute atomic E-state index is 0.169. The highest BCUT2D eigenvalue weighted by Gasteiger charge is 2.15. The topological polar surface area (TPSA) is 89.9 Å². The Morgan fingerprint density at radius 1 is 1.10 bits per heavy atom. The number of hydrogen-bond donors (Lipinski definition) is 2. The Labute approximate surface area is 166 Å². The number of aliphatic hydroxyl groups excluding tert-OH is 1. The molecule has 0 aliphatic rings. The second-order valence-corrected chi connectivity index (χ2v) is 6.69. The van der Waals surface area contributed by atoms with Gasteiger partial charge in [0.1, 0.15) is 17.7 Å². The van der Waals surface area contributed by atoms with Crippen molar-refractivity contribution in [1.29, 1.82) is 0 Å². The fraction of sp³-hybridized carbons (Fsp3) is 0.136. The monoisotopic (exact) mass is 387 g/mol. The van der Waals surface area contributed by atoms with E-state index in [-0.39, 0.29) is 17.5 Å². The molecule has 6 nitrogen and oxygen atoms in total. The molecule has 144 valence electrons. The Morgan fingerprint density at radius 3 is 2.59 bits per heavy atom. The summed E-state index contributed by atoms with van der Waals surface area (Å²) in [5.74, 6) is 6.02. The van der Waals surface area contributed by atoms with Crippen LogP contribution in [0.25, 0.3) is 22.6 Å². The molecule has 0 radical (unpaired) electrons. The average Bonchev–Trinajstić information content (AvgIpc) is 3.04. The van der Waals surface area contributed by atoms with Crippen LogP contribution in [0.4, 0.5) is 10.2 Å². The number of aryl methyl sites for hydroxylation is 2. The summed E-state index contributed by atoms with van der Waals surface area (Å²) in [7, 11) is 1.76. The molecule has 29 heavy (non-hydrogen) atoms. The van der Waals surface area contributed by atoms with Crippen molar-refractivity contribution in [3.05, 3.63) is 71.3 Å². The maximum Gasteiger partial charge on any atom is 0.209 e. The third kappa shape index (κ3) is 3.66. The third-order valence-electron chi connectivity index (χ3n) is 4.54. The Hall–Kier alpha value is -3.76. The van der Waals surface area contributed by atoms with Crippen LogP contribution >= 0.6 is 0 Å². The van der Waals surface area contributed by atoms with Crippen LogP contribution in [0, 0.1) is 24.6 Å². The van der Waals surface area contributed by atoms with Crippen molar-refractivity contribution < 1.29 is 9.50 Å². The molecule has 1 unspecified atom stereocenters. The van der Waals surface area contributed by atoms with Crippen molar-refractivity contribution in [1.82, 2.24) is 19.5 Å². The van der Waals surface area contributed by atoms with E-state index in [0.29, 0.717) is 28.1 Å². The van der Waals surface area contributed by atoms with E-state index in [1.165, 1.54) is 12.1 Å². The van der Waals surface area contributed by atoms with Gasteiger partial charge in [-0.3, -0.25) is 0 Å². The zero-order valence-corrected chi connectivity index (χ0v) is 15.9. The lowest BCUT2D eigenvalue weighted by Gasteiger charge is -2.03. The number of nitrogens with zero attached hydrogens (tertiary/aromatic N) is 4. The molecule has 0 bridgehead atoms. The number of fused-ring (bicyclic) bond motifs is 1. The van der Waals surface area contributed by atoms with E-state index < -0.39 is 6.10 Å². The summed E-state index contributed by atoms with van der Waals surface area (Å²) in [5, 5.41) is 10.3. The largest absolute Gasteiger partial charge is 0.382 e. The van der Waals surface area contributed by atoms with E-state index in [0.717, 1.165) is 5.56 Å². The van der Waals surface area contributed by atoms with E-state index in [4.69, 9.17) is 5.73 Å². The SMILES string of the molecule is Cc1ccc(C(O)C#Cc2nc(N)c3nc(-c4cccc(F)c4)n(C)c3n2)cc1. The quantitative estimate of drug-likeness (QED) is 0.516. The zero-order valence-electron chi connectivity index (χ0n) is 15.9. The molecule has 0 aliphatic heterocycles. The molecule has 4 rings (SSSR count). The second kappa shape index (κ2) is 7.34. The van der Waals surface area contributed by atoms with Gasteiger partial charge in [-0.15, -0.1) is 0 Å². The molecule has 0 spiro atoms. The highest BCUT2D eigenvalue weighted by Crippen LogP contribution is 2.25. The number of aromatic nitrogens is 4. The van der Waals surface area contributed by atoms with Gasteiger partial charge in [0.25, 0.3) is 0 Å². The second-order valence-electron chi connectivity index (χ2n) is 6.69. The van der Waals surface area contributed by atoms with E-state index in [2.05, 4.69) is 26.8 Å². The van der Waals surface area contributed by atoms with Gasteiger partial charge in [0.15, 0.2) is 17.0 Å². The van der Waals surface area contributed by atoms with Crippen LogP contribution in [0.15, 0.2) is 48.5 Å². The first-order valence-corrected chi connectivity index (χ1v) is 8.94. The van der Waals surface area contributed by atoms with Crippen LogP contribution < -0.4 is 5.73 Å². The van der Waals surface area contributed by atoms with Crippen LogP contribution in [0.3, 0.4) is 0 Å². The predicted molar refractivity (Wildman–Crippen MR) is 109 cm³/mol. The maximum atomic E-state index is 13.6. The van der Waals surface area contributed by atoms with E-state index in [1.54, 1.807) is 23.7 Å². The van der Waals surface area contributed by atoms with Crippen molar-refractivity contribution >= 4 is 17.0 Å². The van der Waals surface area contributed by atoms with Gasteiger partial charge >= 0.3 is 0 Å². The summed E-state index contributed by atoms with van der Waals surface area (Å²) in [6.07, 6.45) is -0.967. The number of benzene rings is 2. The molecular formula is C22H18FN5O. The van der Waals surface area contributed by atoms with Gasteiger partial charge in [0.05, 0.1) is 0 Å². The molecule has 2 aromatic heterocycles. The number of anilines is 1. The van der Waals surface area contributed by atoms with Crippen LogP contribution in [-0.4, -0.2) is 24.6 Å². The summed E-state index contributed by atoms with van der Waals surface area (Å²) in [4.78, 5) is 13.1. The molecule has 1 atom stereocenters. The molecule has 0 amide bonds. The first-order chi connectivity index (χ1) is 13.9. The zero-order chi connectivity index (χ0) is 20.5. The maximum absolute atomic E-state index is 13.6. The number of halogens is 1. The van der Waals surface area contributed by atoms with Gasteiger partial charge < -0.3 is 15.4 Å². The molecular weight excluding hydrogens is 369 g/mol. The number of hydrogen-bond acceptors (Lipinski definition) is 5. The van der Waals surface area contributed by atoms with Crippen molar-refractivity contribution in [2.45, 2.75) is 13.0 Å². The Bertz CT molecular complexity index is 1270. The minimum Gasteiger partial charge on any atom is -0.382 e. The number of nitrogens with two attached hydrogens (primary N) is 1. The normalized spacial score (nSPS) is 11.9. The highest BCUT2D eigenvalue weighted by molar-refractivity contribution is 5.85. The van der Waals surface area contributed by atoms with Crippen molar-refractivity contribution in [3.8, 4) is 23.2 Å². The molecule has 2 heterocycles. The summed E-state index contributed by atoms with van der Waals surface area (Å²) in [6, 6.07) is 13.6. The molecule has 3 N–H and O–H groups in total. The molecule has 0 saturated carbocycles. The fourth-order valence-corrected chi connectivity index (χ4v) is 2.99. The smallest absolute Gasteiger partial charge is 0.209 e. The van der Waals surface area contributed by atoms with E-state index >= 15 is 0 Å². The van der Waals surface area contributed by atoms with Gasteiger partial charge in [0.2, 0.25) is 5.82 Å². The molecule has 2 aromatic carbocycles. The number of aliphatic hydroxyl groups is 1. The van der Waals surface area contributed by atoms with Crippen molar-refractivity contribution in [2.75, 3.05) is 5.73 Å². The van der Waals surface area contributed by atoms with Gasteiger partial charge in [0, 0.05) is 12.6 Å². The Kier molecular flexibility index (Phi) is 4.71. The summed E-state index contributed by atoms with van der Waals surface area (Å²) >= 11 is 0. The van der Waals surface area contributed by atoms with E-state index in [9.17, 15) is 9.50 Å². The number of imidazole rings is 1. The third-order valence-corrected chi connectivity index (χ3v) is 4.54. The standard InChI is InChI=1S/C22H18FN5O/c1-13-6-8-14(9-7-13)17(29)10-11-18-25-20(24)19-22(26-18)28(2)21(27-19)15-4-3-5-16(23)12-15/h3-9,12,17,29H,1-2H3,(H2,24,25,26). The van der Waals surface area contributed by atoms with Gasteiger partial charge in [-0.2, -0.15) is 0 Å². The molecule has 0 aliphatic carbocycles. The van der Waals surface area contributed by atoms with Gasteiger partial charge in [-0.05, 0) is 30.5 Å². The predicted octanol–water partition coefficient (Wildman–Crippen LogP) is 3.15. The van der Waals surface area contributed by atoms with Gasteiger partial charge in [-0.25, -0.2) is 19.3 Å². The minimum atomic E-state index is -0.967. The number of rotatable bonds is 2. The average molecular weight is 387 g/mol. The lowest BCUT2D eigenvalue weighted by atomic mass is 10.1. The first kappa shape index (κ1) is 18.6. The molecule has 7 heteroatoms. The van der Waals surface area contributed by atoms with Crippen LogP contribution in [0.5, 0.6) is 0 Å². The highest BCUT2D eigenvalue weighted by atomic mass is 19.1. The van der Waals surface area contributed by atoms with Crippen LogP contribution in [-0.2, 0) is 7.05 Å². The van der Waals surface area contributed by atoms with Crippen LogP contribution in [0.1, 0.15) is 23.1 Å². The van der Waals surface area contributed by atoms with E-state index in [1.807, 2.05) is 31.2 Å². The van der Waals surface area contributed by atoms with Crippen LogP contribution in [0.2, 0.25) is 0 Å². The lowest BCUT2D eigenvalue weighted by Crippen LogP contribution is -2.01. The van der Waals surface area contributed by atoms with Crippen molar-refractivity contribution in [2.24, 2.45) is 7.05 Å². The Balaban J connectivity index is 1.73. The number of nitrogen functional groups attached to an aromatic ring is 1. The lowest BCUT2D eigenvalue weighted by molar-refractivity contribution is 0.238. The molecule has 4 aromatic rings. The molecule has 0 fully saturated rings. The summed E-state index contributed by atoms with van der Waals surface area (Å²) in [6.45, 7) is 1.97. The Morgan fingerprint density at radius 2 is 1.86 bits per heavy atom. The summed E-state index contributed by atoms with van der Waals surface area (Å²) < 4.78 is 15.3.